The number of carbonyl (C=O) groups excluding carboxylic acids is 1. The molecule has 0 heterocycles. The first kappa shape index (κ1) is 10.6. The standard InChI is InChI=1S/C8H6BrNO4/c9-8(11)7-3-1-6(2-4-7)5-14-10(12)13/h1-4H,5H2. The Bertz CT molecular complexity index is 349. The smallest absolute Gasteiger partial charge is 0.294 e. The molecule has 14 heavy (non-hydrogen) atoms. The molecule has 0 N–H and O–H groups in total. The second kappa shape index (κ2) is 4.71. The second-order valence-electron chi connectivity index (χ2n) is 2.47. The third-order valence-electron chi connectivity index (χ3n) is 1.52. The number of halogens is 1. The third kappa shape index (κ3) is 3.14. The van der Waals surface area contributed by atoms with Gasteiger partial charge in [-0.1, -0.05) is 24.3 Å². The fourth-order valence-electron chi connectivity index (χ4n) is 0.859. The van der Waals surface area contributed by atoms with Crippen LogP contribution in [0, 0.1) is 10.1 Å². The van der Waals surface area contributed by atoms with Crippen LogP contribution in [0.2, 0.25) is 0 Å². The maximum Gasteiger partial charge on any atom is 0.294 e. The molecule has 0 unspecified atom stereocenters. The predicted molar refractivity (Wildman–Crippen MR) is 51.5 cm³/mol. The number of hydrogen-bond donors (Lipinski definition) is 0. The fraction of sp³-hybridized carbons (Fsp3) is 0.125. The quantitative estimate of drug-likeness (QED) is 0.471. The SMILES string of the molecule is O=C(Br)c1ccc(CO[N+](=O)[O-])cc1. The minimum Gasteiger partial charge on any atom is -0.309 e. The van der Waals surface area contributed by atoms with Crippen molar-refractivity contribution in [3.8, 4) is 0 Å². The van der Waals surface area contributed by atoms with Gasteiger partial charge in [-0.05, 0) is 21.5 Å². The van der Waals surface area contributed by atoms with Crippen LogP contribution < -0.4 is 0 Å². The van der Waals surface area contributed by atoms with Gasteiger partial charge in [-0.2, -0.15) is 0 Å². The van der Waals surface area contributed by atoms with Crippen molar-refractivity contribution in [2.45, 2.75) is 6.61 Å². The molecule has 0 aromatic heterocycles. The highest BCUT2D eigenvalue weighted by atomic mass is 79.9. The fourth-order valence-corrected chi connectivity index (χ4v) is 1.12. The monoisotopic (exact) mass is 259 g/mol. The summed E-state index contributed by atoms with van der Waals surface area (Å²) in [6.07, 6.45) is 0. The third-order valence-corrected chi connectivity index (χ3v) is 1.98. The van der Waals surface area contributed by atoms with E-state index in [1.165, 1.54) is 0 Å². The molecule has 0 bridgehead atoms. The molecule has 0 saturated heterocycles. The lowest BCUT2D eigenvalue weighted by molar-refractivity contribution is -0.763. The van der Waals surface area contributed by atoms with E-state index in [0.717, 1.165) is 0 Å². The Morgan fingerprint density at radius 1 is 1.43 bits per heavy atom. The molecule has 1 aromatic carbocycles. The summed E-state index contributed by atoms with van der Waals surface area (Å²) in [4.78, 5) is 24.8. The zero-order valence-electron chi connectivity index (χ0n) is 6.97. The van der Waals surface area contributed by atoms with E-state index < -0.39 is 5.09 Å². The van der Waals surface area contributed by atoms with Crippen LogP contribution >= 0.6 is 15.9 Å². The van der Waals surface area contributed by atoms with Crippen LogP contribution in [0.4, 0.5) is 0 Å². The summed E-state index contributed by atoms with van der Waals surface area (Å²) in [6, 6.07) is 6.32. The minimum absolute atomic E-state index is 0.107. The van der Waals surface area contributed by atoms with Crippen molar-refractivity contribution in [2.75, 3.05) is 0 Å². The van der Waals surface area contributed by atoms with Crippen molar-refractivity contribution >= 4 is 20.6 Å². The van der Waals surface area contributed by atoms with E-state index in [9.17, 15) is 14.9 Å². The van der Waals surface area contributed by atoms with Crippen LogP contribution in [-0.2, 0) is 11.4 Å². The van der Waals surface area contributed by atoms with Gasteiger partial charge in [0.05, 0.1) is 0 Å². The van der Waals surface area contributed by atoms with Gasteiger partial charge in [0.15, 0.2) is 0 Å². The molecular weight excluding hydrogens is 254 g/mol. The number of benzene rings is 1. The Labute approximate surface area is 87.9 Å². The van der Waals surface area contributed by atoms with Crippen LogP contribution in [0.5, 0.6) is 0 Å². The normalized spacial score (nSPS) is 9.50. The summed E-state index contributed by atoms with van der Waals surface area (Å²) >= 11 is 2.79. The first-order valence-corrected chi connectivity index (χ1v) is 4.45. The highest BCUT2D eigenvalue weighted by Gasteiger charge is 2.01. The van der Waals surface area contributed by atoms with E-state index in [1.807, 2.05) is 0 Å². The lowest BCUT2D eigenvalue weighted by Gasteiger charge is -1.99. The Morgan fingerprint density at radius 3 is 2.43 bits per heavy atom. The molecule has 0 aliphatic heterocycles. The van der Waals surface area contributed by atoms with Gasteiger partial charge in [-0.25, -0.2) is 0 Å². The summed E-state index contributed by atoms with van der Waals surface area (Å²) in [5.41, 5.74) is 1.13. The molecule has 6 heteroatoms. The zero-order valence-corrected chi connectivity index (χ0v) is 8.56. The molecule has 0 fully saturated rings. The van der Waals surface area contributed by atoms with Crippen molar-refractivity contribution in [3.05, 3.63) is 45.5 Å². The average Bonchev–Trinajstić information content (AvgIpc) is 2.15. The molecule has 1 rings (SSSR count). The maximum absolute atomic E-state index is 10.8. The molecule has 0 atom stereocenters. The summed E-state index contributed by atoms with van der Waals surface area (Å²) in [5.74, 6) is 0. The molecule has 0 saturated carbocycles. The topological polar surface area (TPSA) is 69.4 Å². The Kier molecular flexibility index (Phi) is 3.58. The molecular formula is C8H6BrNO4. The van der Waals surface area contributed by atoms with Crippen molar-refractivity contribution in [3.63, 3.8) is 0 Å². The summed E-state index contributed by atoms with van der Waals surface area (Å²) in [5, 5.41) is 9.01. The first-order chi connectivity index (χ1) is 6.59. The van der Waals surface area contributed by atoms with Gasteiger partial charge in [0.1, 0.15) is 6.61 Å². The van der Waals surface area contributed by atoms with Crippen molar-refractivity contribution in [2.24, 2.45) is 0 Å². The number of carbonyl (C=O) groups is 1. The van der Waals surface area contributed by atoms with E-state index in [4.69, 9.17) is 0 Å². The minimum atomic E-state index is -0.858. The van der Waals surface area contributed by atoms with Gasteiger partial charge in [0.25, 0.3) is 5.09 Å². The van der Waals surface area contributed by atoms with Gasteiger partial charge >= 0.3 is 0 Å². The average molecular weight is 260 g/mol. The summed E-state index contributed by atoms with van der Waals surface area (Å²) < 4.78 is -0.223. The number of nitrogens with zero attached hydrogens (tertiary/aromatic N) is 1. The van der Waals surface area contributed by atoms with E-state index in [0.29, 0.717) is 11.1 Å². The maximum atomic E-state index is 10.8. The van der Waals surface area contributed by atoms with Gasteiger partial charge in [-0.3, -0.25) is 4.79 Å². The summed E-state index contributed by atoms with van der Waals surface area (Å²) in [7, 11) is 0. The van der Waals surface area contributed by atoms with Crippen molar-refractivity contribution in [1.82, 2.24) is 0 Å². The van der Waals surface area contributed by atoms with Crippen molar-refractivity contribution < 1.29 is 14.7 Å². The number of rotatable bonds is 4. The molecule has 5 nitrogen and oxygen atoms in total. The van der Waals surface area contributed by atoms with Crippen LogP contribution in [0.15, 0.2) is 24.3 Å². The second-order valence-corrected chi connectivity index (χ2v) is 3.19. The molecule has 1 aromatic rings. The van der Waals surface area contributed by atoms with Crippen LogP contribution in [0.3, 0.4) is 0 Å². The van der Waals surface area contributed by atoms with Gasteiger partial charge in [0.2, 0.25) is 4.69 Å². The first-order valence-electron chi connectivity index (χ1n) is 3.65. The molecule has 0 spiro atoms. The largest absolute Gasteiger partial charge is 0.309 e. The van der Waals surface area contributed by atoms with Crippen LogP contribution in [0.25, 0.3) is 0 Å². The lowest BCUT2D eigenvalue weighted by atomic mass is 10.2. The Hall–Kier alpha value is -1.43. The van der Waals surface area contributed by atoms with E-state index >= 15 is 0 Å². The Morgan fingerprint density at radius 2 is 2.00 bits per heavy atom. The lowest BCUT2D eigenvalue weighted by Crippen LogP contribution is -2.00. The van der Waals surface area contributed by atoms with E-state index in [2.05, 4.69) is 20.8 Å². The molecule has 0 aliphatic carbocycles. The van der Waals surface area contributed by atoms with E-state index in [1.54, 1.807) is 24.3 Å². The van der Waals surface area contributed by atoms with Crippen LogP contribution in [0.1, 0.15) is 15.9 Å². The molecule has 0 radical (unpaired) electrons. The highest BCUT2D eigenvalue weighted by molar-refractivity contribution is 9.18. The molecule has 0 amide bonds. The molecule has 74 valence electrons. The van der Waals surface area contributed by atoms with E-state index in [-0.39, 0.29) is 11.3 Å². The van der Waals surface area contributed by atoms with Gasteiger partial charge in [0, 0.05) is 5.56 Å². The highest BCUT2D eigenvalue weighted by Crippen LogP contribution is 2.08. The summed E-state index contributed by atoms with van der Waals surface area (Å²) in [6.45, 7) is -0.107. The van der Waals surface area contributed by atoms with Crippen LogP contribution in [-0.4, -0.2) is 9.78 Å². The van der Waals surface area contributed by atoms with Gasteiger partial charge < -0.3 is 4.84 Å². The van der Waals surface area contributed by atoms with Gasteiger partial charge in [-0.15, -0.1) is 10.1 Å². The number of hydrogen-bond acceptors (Lipinski definition) is 4. The predicted octanol–water partition coefficient (Wildman–Crippen LogP) is 1.93. The zero-order chi connectivity index (χ0) is 10.6. The Balaban J connectivity index is 2.64. The van der Waals surface area contributed by atoms with Crippen molar-refractivity contribution in [1.29, 1.82) is 0 Å². The molecule has 0 aliphatic rings.